The van der Waals surface area contributed by atoms with E-state index in [1.807, 2.05) is 0 Å². The summed E-state index contributed by atoms with van der Waals surface area (Å²) in [7, 11) is 0. The first kappa shape index (κ1) is 31.9. The molecule has 0 saturated heterocycles. The first-order valence-corrected chi connectivity index (χ1v) is 11.7. The number of nitrogens with one attached hydrogen (secondary N) is 3. The number of carbonyl (C=O) groups is 5. The summed E-state index contributed by atoms with van der Waals surface area (Å²) in [4.78, 5) is 64.4. The molecule has 0 aliphatic heterocycles. The highest BCUT2D eigenvalue weighted by molar-refractivity contribution is 7.80. The van der Waals surface area contributed by atoms with Gasteiger partial charge in [0.15, 0.2) is 5.96 Å². The Morgan fingerprint density at radius 1 is 0.943 bits per heavy atom. The number of hydrogen-bond acceptors (Lipinski definition) is 8. The van der Waals surface area contributed by atoms with E-state index in [0.29, 0.717) is 6.42 Å². The van der Waals surface area contributed by atoms with Crippen molar-refractivity contribution in [1.82, 2.24) is 16.0 Å². The average molecular weight is 520 g/mol. The highest BCUT2D eigenvalue weighted by Crippen LogP contribution is 2.10. The van der Waals surface area contributed by atoms with Gasteiger partial charge in [-0.2, -0.15) is 12.6 Å². The maximum absolute atomic E-state index is 13.0. The summed E-state index contributed by atoms with van der Waals surface area (Å²) in [6.07, 6.45) is -0.0349. The van der Waals surface area contributed by atoms with E-state index in [-0.39, 0.29) is 43.4 Å². The number of thiol groups is 1. The fourth-order valence-corrected chi connectivity index (χ4v) is 3.04. The van der Waals surface area contributed by atoms with E-state index >= 15 is 0 Å². The number of carbonyl (C=O) groups excluding carboxylic acids is 3. The molecular formula is C20H37N7O7S. The third kappa shape index (κ3) is 12.8. The van der Waals surface area contributed by atoms with Gasteiger partial charge in [0.05, 0.1) is 6.04 Å². The molecule has 0 bridgehead atoms. The van der Waals surface area contributed by atoms with Crippen molar-refractivity contribution in [3.8, 4) is 0 Å². The van der Waals surface area contributed by atoms with Gasteiger partial charge in [-0.3, -0.25) is 24.2 Å². The van der Waals surface area contributed by atoms with Crippen LogP contribution in [0.2, 0.25) is 0 Å². The van der Waals surface area contributed by atoms with Gasteiger partial charge < -0.3 is 43.4 Å². The molecule has 15 heteroatoms. The van der Waals surface area contributed by atoms with Crippen molar-refractivity contribution in [3.63, 3.8) is 0 Å². The molecule has 3 amide bonds. The number of carboxylic acids is 2. The monoisotopic (exact) mass is 519 g/mol. The highest BCUT2D eigenvalue weighted by atomic mass is 32.1. The molecule has 0 aromatic rings. The fourth-order valence-electron chi connectivity index (χ4n) is 2.88. The lowest BCUT2D eigenvalue weighted by molar-refractivity contribution is -0.143. The molecule has 5 atom stereocenters. The molecule has 0 fully saturated rings. The van der Waals surface area contributed by atoms with Crippen LogP contribution in [0.4, 0.5) is 0 Å². The number of hydrogen-bond donors (Lipinski definition) is 9. The molecule has 14 nitrogen and oxygen atoms in total. The zero-order valence-corrected chi connectivity index (χ0v) is 20.8. The minimum absolute atomic E-state index is 0.00931. The van der Waals surface area contributed by atoms with Gasteiger partial charge >= 0.3 is 11.9 Å². The van der Waals surface area contributed by atoms with Crippen LogP contribution in [0.3, 0.4) is 0 Å². The lowest BCUT2D eigenvalue weighted by Gasteiger charge is -2.27. The molecule has 0 aliphatic rings. The van der Waals surface area contributed by atoms with Crippen LogP contribution in [-0.2, 0) is 24.0 Å². The van der Waals surface area contributed by atoms with Crippen molar-refractivity contribution in [2.75, 3.05) is 12.3 Å². The fraction of sp³-hybridized carbons (Fsp3) is 0.700. The normalized spacial score (nSPS) is 15.0. The van der Waals surface area contributed by atoms with Crippen molar-refractivity contribution in [2.24, 2.45) is 28.1 Å². The predicted molar refractivity (Wildman–Crippen MR) is 131 cm³/mol. The van der Waals surface area contributed by atoms with Gasteiger partial charge in [0.1, 0.15) is 18.1 Å². The quantitative estimate of drug-likeness (QED) is 0.0431. The van der Waals surface area contributed by atoms with Crippen LogP contribution in [0, 0.1) is 5.92 Å². The minimum Gasteiger partial charge on any atom is -0.481 e. The molecule has 0 radical (unpaired) electrons. The molecule has 0 rings (SSSR count). The summed E-state index contributed by atoms with van der Waals surface area (Å²) in [6, 6.07) is -4.70. The van der Waals surface area contributed by atoms with Crippen LogP contribution in [0.5, 0.6) is 0 Å². The Labute approximate surface area is 209 Å². The summed E-state index contributed by atoms with van der Waals surface area (Å²) < 4.78 is 0. The Bertz CT molecular complexity index is 777. The molecule has 0 aromatic heterocycles. The summed E-state index contributed by atoms with van der Waals surface area (Å²) in [5, 5.41) is 25.7. The van der Waals surface area contributed by atoms with E-state index in [4.69, 9.17) is 22.3 Å². The van der Waals surface area contributed by atoms with E-state index < -0.39 is 60.2 Å². The lowest BCUT2D eigenvalue weighted by Crippen LogP contribution is -2.58. The molecule has 0 aliphatic carbocycles. The molecule has 5 unspecified atom stereocenters. The van der Waals surface area contributed by atoms with Crippen LogP contribution >= 0.6 is 12.6 Å². The van der Waals surface area contributed by atoms with Gasteiger partial charge in [-0.05, 0) is 25.2 Å². The number of guanidine groups is 1. The van der Waals surface area contributed by atoms with Crippen LogP contribution in [0.1, 0.15) is 46.0 Å². The molecular weight excluding hydrogens is 482 g/mol. The topological polar surface area (TPSA) is 252 Å². The Morgan fingerprint density at radius 2 is 1.54 bits per heavy atom. The number of nitrogens with two attached hydrogens (primary N) is 3. The zero-order chi connectivity index (χ0) is 27.1. The van der Waals surface area contributed by atoms with Crippen LogP contribution in [0.25, 0.3) is 0 Å². The smallest absolute Gasteiger partial charge is 0.326 e. The van der Waals surface area contributed by atoms with Gasteiger partial charge in [-0.1, -0.05) is 20.3 Å². The van der Waals surface area contributed by atoms with Crippen LogP contribution in [0.15, 0.2) is 4.99 Å². The van der Waals surface area contributed by atoms with Crippen LogP contribution < -0.4 is 33.2 Å². The van der Waals surface area contributed by atoms with Gasteiger partial charge in [0.2, 0.25) is 17.7 Å². The molecule has 0 spiro atoms. The molecule has 200 valence electrons. The Morgan fingerprint density at radius 3 is 2.03 bits per heavy atom. The lowest BCUT2D eigenvalue weighted by atomic mass is 9.97. The van der Waals surface area contributed by atoms with Crippen molar-refractivity contribution in [3.05, 3.63) is 0 Å². The summed E-state index contributed by atoms with van der Waals surface area (Å²) >= 11 is 3.96. The van der Waals surface area contributed by atoms with E-state index in [0.717, 1.165) is 0 Å². The van der Waals surface area contributed by atoms with E-state index in [2.05, 4.69) is 33.6 Å². The van der Waals surface area contributed by atoms with Gasteiger partial charge in [0.25, 0.3) is 0 Å². The molecule has 11 N–H and O–H groups in total. The largest absolute Gasteiger partial charge is 0.481 e. The van der Waals surface area contributed by atoms with Crippen molar-refractivity contribution in [2.45, 2.75) is 70.1 Å². The first-order valence-electron chi connectivity index (χ1n) is 11.1. The minimum atomic E-state index is -1.36. The van der Waals surface area contributed by atoms with Gasteiger partial charge in [-0.15, -0.1) is 0 Å². The number of rotatable bonds is 17. The van der Waals surface area contributed by atoms with Gasteiger partial charge in [-0.25, -0.2) is 4.79 Å². The Balaban J connectivity index is 5.54. The average Bonchev–Trinajstić information content (AvgIpc) is 2.79. The first-order chi connectivity index (χ1) is 16.3. The summed E-state index contributed by atoms with van der Waals surface area (Å²) in [5.41, 5.74) is 16.1. The maximum atomic E-state index is 13.0. The molecule has 0 heterocycles. The molecule has 35 heavy (non-hydrogen) atoms. The van der Waals surface area contributed by atoms with E-state index in [1.54, 1.807) is 13.8 Å². The Hall–Kier alpha value is -3.07. The summed E-state index contributed by atoms with van der Waals surface area (Å²) in [6.45, 7) is 3.65. The molecule has 0 saturated carbocycles. The number of amides is 3. The molecule has 0 aromatic carbocycles. The van der Waals surface area contributed by atoms with Gasteiger partial charge in [0, 0.05) is 18.7 Å². The van der Waals surface area contributed by atoms with Crippen LogP contribution in [-0.4, -0.2) is 82.3 Å². The van der Waals surface area contributed by atoms with Crippen molar-refractivity contribution in [1.29, 1.82) is 0 Å². The highest BCUT2D eigenvalue weighted by Gasteiger charge is 2.32. The second-order valence-corrected chi connectivity index (χ2v) is 8.37. The predicted octanol–water partition coefficient (Wildman–Crippen LogP) is -2.25. The number of aliphatic imine (C=N–C) groups is 1. The van der Waals surface area contributed by atoms with E-state index in [9.17, 15) is 29.1 Å². The number of nitrogens with zero attached hydrogens (tertiary/aromatic N) is 1. The summed E-state index contributed by atoms with van der Waals surface area (Å²) in [5.74, 6) is -5.22. The SMILES string of the molecule is CCC(C)C(NC(=O)C(N)CS)C(=O)NC(CCC(=O)O)C(=O)NC(CCCN=C(N)N)C(=O)O. The third-order valence-corrected chi connectivity index (χ3v) is 5.56. The number of carboxylic acid groups (broad SMARTS) is 2. The standard InChI is InChI=1S/C20H37N7O7S/c1-3-10(2)15(27-16(30)11(21)9-35)18(32)25-12(6-7-14(28)29)17(31)26-13(19(33)34)5-4-8-24-20(22)23/h10-13,15,35H,3-9,21H2,1-2H3,(H,25,32)(H,26,31)(H,27,30)(H,28,29)(H,33,34)(H4,22,23,24). The number of aliphatic carboxylic acids is 2. The zero-order valence-electron chi connectivity index (χ0n) is 19.9. The second-order valence-electron chi connectivity index (χ2n) is 8.00. The second kappa shape index (κ2) is 16.5. The maximum Gasteiger partial charge on any atom is 0.326 e. The third-order valence-electron chi connectivity index (χ3n) is 5.17. The van der Waals surface area contributed by atoms with E-state index in [1.165, 1.54) is 0 Å². The Kier molecular flexibility index (Phi) is 15.1. The van der Waals surface area contributed by atoms with Crippen molar-refractivity contribution < 1.29 is 34.2 Å². The van der Waals surface area contributed by atoms with Crippen molar-refractivity contribution >= 4 is 48.2 Å².